The molecule has 0 bridgehead atoms. The van der Waals surface area contributed by atoms with E-state index in [0.29, 0.717) is 19.7 Å². The van der Waals surface area contributed by atoms with Gasteiger partial charge in [-0.25, -0.2) is 9.78 Å². The fourth-order valence-corrected chi connectivity index (χ4v) is 3.62. The number of carbonyl (C=O) groups excluding carboxylic acids is 1. The van der Waals surface area contributed by atoms with Crippen molar-refractivity contribution >= 4 is 28.2 Å². The molecular weight excluding hydrogens is 356 g/mol. The molecule has 138 valence electrons. The molecule has 0 spiro atoms. The van der Waals surface area contributed by atoms with Crippen molar-refractivity contribution in [3.8, 4) is 11.3 Å². The summed E-state index contributed by atoms with van der Waals surface area (Å²) in [6.45, 7) is 3.52. The van der Waals surface area contributed by atoms with Gasteiger partial charge in [-0.1, -0.05) is 0 Å². The molecule has 1 N–H and O–H groups in total. The van der Waals surface area contributed by atoms with Crippen LogP contribution in [-0.2, 0) is 4.74 Å². The SMILES string of the molecule is CCOC(=O)N1CCC(Nc2nc(-c3ccc([N+](=O)[O-])cc3)cs2)CC1. The molecule has 0 unspecified atom stereocenters. The smallest absolute Gasteiger partial charge is 0.409 e. The van der Waals surface area contributed by atoms with Gasteiger partial charge in [-0.05, 0) is 31.9 Å². The molecule has 0 atom stereocenters. The average molecular weight is 376 g/mol. The summed E-state index contributed by atoms with van der Waals surface area (Å²) in [4.78, 5) is 28.3. The third kappa shape index (κ3) is 4.29. The van der Waals surface area contributed by atoms with Gasteiger partial charge in [0.1, 0.15) is 0 Å². The summed E-state index contributed by atoms with van der Waals surface area (Å²) in [5.74, 6) is 0. The topological polar surface area (TPSA) is 97.6 Å². The van der Waals surface area contributed by atoms with Crippen LogP contribution in [-0.4, -0.2) is 46.6 Å². The Morgan fingerprint density at radius 2 is 2.08 bits per heavy atom. The number of thiazole rings is 1. The first-order chi connectivity index (χ1) is 12.6. The van der Waals surface area contributed by atoms with Gasteiger partial charge < -0.3 is 15.0 Å². The van der Waals surface area contributed by atoms with Crippen molar-refractivity contribution in [2.75, 3.05) is 25.0 Å². The van der Waals surface area contributed by atoms with Crippen molar-refractivity contribution in [2.45, 2.75) is 25.8 Å². The van der Waals surface area contributed by atoms with E-state index < -0.39 is 4.92 Å². The number of nitrogens with zero attached hydrogens (tertiary/aromatic N) is 3. The molecule has 0 radical (unpaired) electrons. The first-order valence-electron chi connectivity index (χ1n) is 8.45. The van der Waals surface area contributed by atoms with E-state index in [9.17, 15) is 14.9 Å². The second kappa shape index (κ2) is 8.13. The molecule has 3 rings (SSSR count). The number of ether oxygens (including phenoxy) is 1. The Labute approximate surface area is 154 Å². The number of non-ortho nitro benzene ring substituents is 1. The molecule has 1 aliphatic rings. The summed E-state index contributed by atoms with van der Waals surface area (Å²) >= 11 is 1.50. The third-order valence-corrected chi connectivity index (χ3v) is 5.00. The minimum atomic E-state index is -0.416. The highest BCUT2D eigenvalue weighted by Crippen LogP contribution is 2.28. The maximum atomic E-state index is 11.7. The zero-order valence-corrected chi connectivity index (χ0v) is 15.2. The van der Waals surface area contributed by atoms with Crippen molar-refractivity contribution in [1.82, 2.24) is 9.88 Å². The molecule has 8 nitrogen and oxygen atoms in total. The van der Waals surface area contributed by atoms with Crippen molar-refractivity contribution in [3.63, 3.8) is 0 Å². The predicted molar refractivity (Wildman–Crippen MR) is 99.4 cm³/mol. The van der Waals surface area contributed by atoms with E-state index in [2.05, 4.69) is 10.3 Å². The van der Waals surface area contributed by atoms with E-state index >= 15 is 0 Å². The zero-order chi connectivity index (χ0) is 18.5. The average Bonchev–Trinajstić information content (AvgIpc) is 3.11. The molecule has 2 aromatic rings. The van der Waals surface area contributed by atoms with E-state index in [1.54, 1.807) is 24.0 Å². The van der Waals surface area contributed by atoms with Crippen LogP contribution >= 0.6 is 11.3 Å². The molecule has 1 fully saturated rings. The Morgan fingerprint density at radius 1 is 1.38 bits per heavy atom. The lowest BCUT2D eigenvalue weighted by Crippen LogP contribution is -2.42. The Balaban J connectivity index is 1.56. The summed E-state index contributed by atoms with van der Waals surface area (Å²) in [6.07, 6.45) is 1.43. The number of benzene rings is 1. The van der Waals surface area contributed by atoms with Crippen LogP contribution in [0.25, 0.3) is 11.3 Å². The number of nitrogens with one attached hydrogen (secondary N) is 1. The Kier molecular flexibility index (Phi) is 5.67. The second-order valence-corrected chi connectivity index (χ2v) is 6.80. The van der Waals surface area contributed by atoms with Gasteiger partial charge in [-0.15, -0.1) is 11.3 Å². The van der Waals surface area contributed by atoms with Gasteiger partial charge in [-0.2, -0.15) is 0 Å². The standard InChI is InChI=1S/C17H20N4O4S/c1-2-25-17(22)20-9-7-13(8-10-20)18-16-19-15(11-26-16)12-3-5-14(6-4-12)21(23)24/h3-6,11,13H,2,7-10H2,1H3,(H,18,19). The number of hydrogen-bond acceptors (Lipinski definition) is 7. The number of anilines is 1. The first kappa shape index (κ1) is 18.1. The maximum absolute atomic E-state index is 11.7. The normalized spacial score (nSPS) is 14.9. The van der Waals surface area contributed by atoms with Gasteiger partial charge >= 0.3 is 6.09 Å². The van der Waals surface area contributed by atoms with E-state index in [4.69, 9.17) is 4.74 Å². The number of carbonyl (C=O) groups is 1. The second-order valence-electron chi connectivity index (χ2n) is 5.95. The largest absolute Gasteiger partial charge is 0.450 e. The number of nitro benzene ring substituents is 1. The summed E-state index contributed by atoms with van der Waals surface area (Å²) in [6, 6.07) is 6.63. The van der Waals surface area contributed by atoms with E-state index in [0.717, 1.165) is 29.2 Å². The van der Waals surface area contributed by atoms with Gasteiger partial charge in [0.05, 0.1) is 17.2 Å². The molecule has 1 saturated heterocycles. The highest BCUT2D eigenvalue weighted by Gasteiger charge is 2.24. The van der Waals surface area contributed by atoms with E-state index in [-0.39, 0.29) is 17.8 Å². The molecule has 9 heteroatoms. The fourth-order valence-electron chi connectivity index (χ4n) is 2.82. The minimum absolute atomic E-state index is 0.0655. The molecule has 26 heavy (non-hydrogen) atoms. The lowest BCUT2D eigenvalue weighted by molar-refractivity contribution is -0.384. The number of likely N-dealkylation sites (tertiary alicyclic amines) is 1. The summed E-state index contributed by atoms with van der Waals surface area (Å²) in [5, 5.41) is 16.9. The van der Waals surface area contributed by atoms with Crippen LogP contribution in [0, 0.1) is 10.1 Å². The van der Waals surface area contributed by atoms with Crippen LogP contribution in [0.3, 0.4) is 0 Å². The van der Waals surface area contributed by atoms with Crippen LogP contribution in [0.15, 0.2) is 29.6 Å². The number of aromatic nitrogens is 1. The van der Waals surface area contributed by atoms with Crippen LogP contribution in [0.4, 0.5) is 15.6 Å². The third-order valence-electron chi connectivity index (χ3n) is 4.23. The van der Waals surface area contributed by atoms with Crippen molar-refractivity contribution < 1.29 is 14.5 Å². The van der Waals surface area contributed by atoms with Crippen LogP contribution in [0.5, 0.6) is 0 Å². The molecule has 0 aliphatic carbocycles. The number of hydrogen-bond donors (Lipinski definition) is 1. The van der Waals surface area contributed by atoms with Crippen LogP contribution in [0.1, 0.15) is 19.8 Å². The van der Waals surface area contributed by atoms with Crippen molar-refractivity contribution in [2.24, 2.45) is 0 Å². The Bertz CT molecular complexity index is 769. The number of amides is 1. The summed E-state index contributed by atoms with van der Waals surface area (Å²) in [5.41, 5.74) is 1.70. The highest BCUT2D eigenvalue weighted by atomic mass is 32.1. The molecule has 1 amide bonds. The zero-order valence-electron chi connectivity index (χ0n) is 14.4. The van der Waals surface area contributed by atoms with Crippen LogP contribution < -0.4 is 5.32 Å². The first-order valence-corrected chi connectivity index (χ1v) is 9.33. The number of rotatable bonds is 5. The summed E-state index contributed by atoms with van der Waals surface area (Å²) < 4.78 is 5.02. The van der Waals surface area contributed by atoms with Crippen molar-refractivity contribution in [3.05, 3.63) is 39.8 Å². The lowest BCUT2D eigenvalue weighted by atomic mass is 10.1. The molecule has 1 aliphatic heterocycles. The minimum Gasteiger partial charge on any atom is -0.450 e. The quantitative estimate of drug-likeness (QED) is 0.630. The molecule has 1 aromatic heterocycles. The van der Waals surface area contributed by atoms with E-state index in [1.807, 2.05) is 5.38 Å². The van der Waals surface area contributed by atoms with Crippen LogP contribution in [0.2, 0.25) is 0 Å². The lowest BCUT2D eigenvalue weighted by Gasteiger charge is -2.31. The number of nitro groups is 1. The molecule has 2 heterocycles. The summed E-state index contributed by atoms with van der Waals surface area (Å²) in [7, 11) is 0. The van der Waals surface area contributed by atoms with Crippen molar-refractivity contribution in [1.29, 1.82) is 0 Å². The highest BCUT2D eigenvalue weighted by molar-refractivity contribution is 7.14. The van der Waals surface area contributed by atoms with Gasteiger partial charge in [0, 0.05) is 42.2 Å². The predicted octanol–water partition coefficient (Wildman–Crippen LogP) is 3.75. The Morgan fingerprint density at radius 3 is 2.69 bits per heavy atom. The fraction of sp³-hybridized carbons (Fsp3) is 0.412. The Hall–Kier alpha value is -2.68. The monoisotopic (exact) mass is 376 g/mol. The van der Waals surface area contributed by atoms with Gasteiger partial charge in [0.2, 0.25) is 0 Å². The molecular formula is C17H20N4O4S. The van der Waals surface area contributed by atoms with Gasteiger partial charge in [-0.3, -0.25) is 10.1 Å². The number of piperidine rings is 1. The maximum Gasteiger partial charge on any atom is 0.409 e. The van der Waals surface area contributed by atoms with Gasteiger partial charge in [0.15, 0.2) is 5.13 Å². The van der Waals surface area contributed by atoms with E-state index in [1.165, 1.54) is 23.5 Å². The van der Waals surface area contributed by atoms with Gasteiger partial charge in [0.25, 0.3) is 5.69 Å². The molecule has 0 saturated carbocycles. The molecule has 1 aromatic carbocycles.